The van der Waals surface area contributed by atoms with Crippen molar-refractivity contribution in [3.05, 3.63) is 76.1 Å². The summed E-state index contributed by atoms with van der Waals surface area (Å²) in [7, 11) is 1.38. The molecule has 7 heteroatoms. The fourth-order valence-corrected chi connectivity index (χ4v) is 6.61. The lowest BCUT2D eigenvalue weighted by Crippen LogP contribution is -2.13. The Morgan fingerprint density at radius 1 is 1.02 bits per heavy atom. The molecule has 6 rings (SSSR count). The van der Waals surface area contributed by atoms with Gasteiger partial charge in [0.15, 0.2) is 0 Å². The zero-order valence-corrected chi connectivity index (χ0v) is 23.2. The molecule has 0 unspecified atom stereocenters. The standard InChI is InChI=1S/C33H35FO6/c1-18-12-24(39-22-5-4-21(35)15-22)13-19(2)32(18)26-8-10-28(34)33-27(26)9-11-29(33)40-23-6-7-25-20(14-31(36)37-3)17-38-30(25)16-23/h6-8,10,12-13,16,20-22,29,35H,4-5,9,11,14-15,17H2,1-3H3/t20-,21+,22+,29-/m1/s1. The largest absolute Gasteiger partial charge is 0.492 e. The van der Waals surface area contributed by atoms with E-state index in [1.165, 1.54) is 7.11 Å². The minimum atomic E-state index is -0.405. The van der Waals surface area contributed by atoms with Crippen LogP contribution in [0.1, 0.15) is 71.9 Å². The van der Waals surface area contributed by atoms with Crippen LogP contribution < -0.4 is 14.2 Å². The number of halogens is 1. The normalized spacial score (nSPS) is 22.9. The molecule has 3 aliphatic rings. The highest BCUT2D eigenvalue weighted by molar-refractivity contribution is 5.76. The van der Waals surface area contributed by atoms with E-state index in [1.807, 2.05) is 36.4 Å². The Morgan fingerprint density at radius 2 is 1.82 bits per heavy atom. The number of ether oxygens (including phenoxy) is 4. The van der Waals surface area contributed by atoms with E-state index in [0.717, 1.165) is 52.0 Å². The Labute approximate surface area is 234 Å². The number of carbonyl (C=O) groups is 1. The summed E-state index contributed by atoms with van der Waals surface area (Å²) in [6, 6.07) is 13.1. The molecule has 1 N–H and O–H groups in total. The van der Waals surface area contributed by atoms with Gasteiger partial charge in [0.25, 0.3) is 0 Å². The minimum Gasteiger partial charge on any atom is -0.492 e. The lowest BCUT2D eigenvalue weighted by atomic mass is 9.90. The number of benzene rings is 3. The van der Waals surface area contributed by atoms with E-state index in [0.29, 0.717) is 42.9 Å². The molecule has 4 atom stereocenters. The van der Waals surface area contributed by atoms with Gasteiger partial charge in [0.05, 0.1) is 26.2 Å². The predicted molar refractivity (Wildman–Crippen MR) is 149 cm³/mol. The predicted octanol–water partition coefficient (Wildman–Crippen LogP) is 6.51. The van der Waals surface area contributed by atoms with Crippen molar-refractivity contribution in [2.24, 2.45) is 0 Å². The van der Waals surface area contributed by atoms with Crippen molar-refractivity contribution in [1.29, 1.82) is 0 Å². The summed E-state index contributed by atoms with van der Waals surface area (Å²) < 4.78 is 38.5. The summed E-state index contributed by atoms with van der Waals surface area (Å²) in [6.45, 7) is 4.55. The first kappa shape index (κ1) is 26.6. The van der Waals surface area contributed by atoms with Crippen LogP contribution in [0, 0.1) is 19.7 Å². The molecule has 2 aliphatic carbocycles. The summed E-state index contributed by atoms with van der Waals surface area (Å²) in [5, 5.41) is 9.85. The van der Waals surface area contributed by atoms with E-state index >= 15 is 4.39 Å². The van der Waals surface area contributed by atoms with Crippen LogP contribution in [0.2, 0.25) is 0 Å². The SMILES string of the molecule is COC(=O)C[C@@H]1COc2cc(O[C@@H]3CCc4c(-c5c(C)cc(O[C@H]6CC[C@H](O)C6)cc5C)ccc(F)c43)ccc21. The van der Waals surface area contributed by atoms with Crippen LogP contribution in [0.5, 0.6) is 17.2 Å². The third-order valence-corrected chi connectivity index (χ3v) is 8.50. The summed E-state index contributed by atoms with van der Waals surface area (Å²) in [5.41, 5.74) is 6.83. The Kier molecular flexibility index (Phi) is 7.17. The molecular weight excluding hydrogens is 511 g/mol. The monoisotopic (exact) mass is 546 g/mol. The van der Waals surface area contributed by atoms with E-state index in [2.05, 4.69) is 13.8 Å². The number of esters is 1. The minimum absolute atomic E-state index is 0.0379. The number of aryl methyl sites for hydroxylation is 2. The molecule has 3 aromatic carbocycles. The highest BCUT2D eigenvalue weighted by Crippen LogP contribution is 2.45. The van der Waals surface area contributed by atoms with Crippen molar-refractivity contribution in [2.45, 2.75) is 76.6 Å². The van der Waals surface area contributed by atoms with Crippen molar-refractivity contribution in [2.75, 3.05) is 13.7 Å². The molecule has 0 radical (unpaired) electrons. The van der Waals surface area contributed by atoms with Crippen LogP contribution in [0.3, 0.4) is 0 Å². The quantitative estimate of drug-likeness (QED) is 0.341. The number of aliphatic hydroxyl groups is 1. The number of aliphatic hydroxyl groups excluding tert-OH is 1. The Bertz CT molecular complexity index is 1430. The molecule has 1 aliphatic heterocycles. The third kappa shape index (κ3) is 5.03. The fraction of sp³-hybridized carbons (Fsp3) is 0.424. The fourth-order valence-electron chi connectivity index (χ4n) is 6.61. The number of rotatable bonds is 7. The smallest absolute Gasteiger partial charge is 0.306 e. The summed E-state index contributed by atoms with van der Waals surface area (Å²) >= 11 is 0. The maximum atomic E-state index is 15.3. The molecule has 0 spiro atoms. The third-order valence-electron chi connectivity index (χ3n) is 8.50. The summed E-state index contributed by atoms with van der Waals surface area (Å²) in [5.74, 6) is 1.55. The zero-order valence-electron chi connectivity index (χ0n) is 23.2. The van der Waals surface area contributed by atoms with Gasteiger partial charge >= 0.3 is 5.97 Å². The lowest BCUT2D eigenvalue weighted by molar-refractivity contribution is -0.141. The van der Waals surface area contributed by atoms with E-state index in [1.54, 1.807) is 6.07 Å². The van der Waals surface area contributed by atoms with Gasteiger partial charge in [-0.1, -0.05) is 12.1 Å². The number of carbonyl (C=O) groups excluding carboxylic acids is 1. The number of methoxy groups -OCH3 is 1. The maximum Gasteiger partial charge on any atom is 0.306 e. The molecule has 0 amide bonds. The molecule has 3 aromatic rings. The van der Waals surface area contributed by atoms with Gasteiger partial charge < -0.3 is 24.1 Å². The van der Waals surface area contributed by atoms with Gasteiger partial charge in [-0.25, -0.2) is 4.39 Å². The van der Waals surface area contributed by atoms with Crippen LogP contribution >= 0.6 is 0 Å². The first-order valence-corrected chi connectivity index (χ1v) is 14.1. The molecule has 0 saturated heterocycles. The first-order chi connectivity index (χ1) is 19.3. The topological polar surface area (TPSA) is 74.2 Å². The van der Waals surface area contributed by atoms with E-state index in [-0.39, 0.29) is 36.3 Å². The van der Waals surface area contributed by atoms with Crippen LogP contribution in [-0.2, 0) is 16.0 Å². The van der Waals surface area contributed by atoms with Crippen molar-refractivity contribution in [3.8, 4) is 28.4 Å². The van der Waals surface area contributed by atoms with Crippen LogP contribution in [0.15, 0.2) is 42.5 Å². The second-order valence-corrected chi connectivity index (χ2v) is 11.3. The van der Waals surface area contributed by atoms with E-state index in [4.69, 9.17) is 18.9 Å². The van der Waals surface area contributed by atoms with Gasteiger partial charge in [-0.15, -0.1) is 0 Å². The Balaban J connectivity index is 1.24. The summed E-state index contributed by atoms with van der Waals surface area (Å²) in [4.78, 5) is 11.7. The zero-order chi connectivity index (χ0) is 28.0. The number of hydrogen-bond acceptors (Lipinski definition) is 6. The molecule has 6 nitrogen and oxygen atoms in total. The van der Waals surface area contributed by atoms with Gasteiger partial charge in [-0.3, -0.25) is 4.79 Å². The molecule has 40 heavy (non-hydrogen) atoms. The number of hydrogen-bond donors (Lipinski definition) is 1. The highest BCUT2D eigenvalue weighted by atomic mass is 19.1. The molecule has 210 valence electrons. The van der Waals surface area contributed by atoms with Gasteiger partial charge in [0.2, 0.25) is 0 Å². The first-order valence-electron chi connectivity index (χ1n) is 14.1. The van der Waals surface area contributed by atoms with Gasteiger partial charge in [-0.2, -0.15) is 0 Å². The van der Waals surface area contributed by atoms with Gasteiger partial charge in [-0.05, 0) is 91.6 Å². The molecule has 0 bridgehead atoms. The van der Waals surface area contributed by atoms with Gasteiger partial charge in [0.1, 0.15) is 35.3 Å². The average Bonchev–Trinajstić information content (AvgIpc) is 3.64. The second kappa shape index (κ2) is 10.8. The van der Waals surface area contributed by atoms with E-state index < -0.39 is 6.10 Å². The lowest BCUT2D eigenvalue weighted by Gasteiger charge is -2.20. The van der Waals surface area contributed by atoms with Crippen molar-refractivity contribution >= 4 is 5.97 Å². The van der Waals surface area contributed by atoms with Crippen LogP contribution in [-0.4, -0.2) is 37.0 Å². The molecular formula is C33H35FO6. The number of fused-ring (bicyclic) bond motifs is 2. The average molecular weight is 547 g/mol. The Hall–Kier alpha value is -3.58. The van der Waals surface area contributed by atoms with Crippen molar-refractivity contribution in [3.63, 3.8) is 0 Å². The molecule has 1 heterocycles. The highest BCUT2D eigenvalue weighted by Gasteiger charge is 2.32. The molecule has 0 aromatic heterocycles. The van der Waals surface area contributed by atoms with Crippen molar-refractivity contribution < 1.29 is 33.2 Å². The molecule has 1 saturated carbocycles. The second-order valence-electron chi connectivity index (χ2n) is 11.3. The Morgan fingerprint density at radius 3 is 2.55 bits per heavy atom. The van der Waals surface area contributed by atoms with Crippen LogP contribution in [0.4, 0.5) is 4.39 Å². The van der Waals surface area contributed by atoms with Crippen molar-refractivity contribution in [1.82, 2.24) is 0 Å². The van der Waals surface area contributed by atoms with Crippen LogP contribution in [0.25, 0.3) is 11.1 Å². The molecule has 1 fully saturated rings. The maximum absolute atomic E-state index is 15.3. The van der Waals surface area contributed by atoms with E-state index in [9.17, 15) is 9.90 Å². The van der Waals surface area contributed by atoms with Gasteiger partial charge in [0, 0.05) is 29.5 Å². The summed E-state index contributed by atoms with van der Waals surface area (Å²) in [6.07, 6.45) is 3.31.